The van der Waals surface area contributed by atoms with Crippen molar-refractivity contribution < 1.29 is 9.53 Å². The average Bonchev–Trinajstić information content (AvgIpc) is 2.53. The summed E-state index contributed by atoms with van der Waals surface area (Å²) in [6.45, 7) is 2.16. The van der Waals surface area contributed by atoms with E-state index in [1.165, 1.54) is 17.6 Å². The molecular formula is C7H8N2O2S. The Hall–Kier alpha value is -1.23. The number of aromatic nitrogens is 2. The van der Waals surface area contributed by atoms with Crippen molar-refractivity contribution in [2.75, 3.05) is 6.61 Å². The van der Waals surface area contributed by atoms with Crippen molar-refractivity contribution in [3.05, 3.63) is 17.2 Å². The third kappa shape index (κ3) is 2.79. The number of esters is 1. The number of carbonyl (C=O) groups excluding carboxylic acids is 1. The molecule has 1 rings (SSSR count). The lowest BCUT2D eigenvalue weighted by molar-refractivity contribution is -0.137. The molecule has 0 amide bonds. The van der Waals surface area contributed by atoms with Gasteiger partial charge in [0.1, 0.15) is 0 Å². The highest BCUT2D eigenvalue weighted by atomic mass is 32.1. The van der Waals surface area contributed by atoms with Gasteiger partial charge in [-0.1, -0.05) is 4.49 Å². The summed E-state index contributed by atoms with van der Waals surface area (Å²) in [6.07, 6.45) is 4.57. The third-order valence-electron chi connectivity index (χ3n) is 1.05. The third-order valence-corrected chi connectivity index (χ3v) is 1.68. The second-order valence-corrected chi connectivity index (χ2v) is 2.72. The predicted molar refractivity (Wildman–Crippen MR) is 45.6 cm³/mol. The van der Waals surface area contributed by atoms with E-state index in [4.69, 9.17) is 0 Å². The fourth-order valence-corrected chi connectivity index (χ4v) is 1.00. The molecule has 0 saturated heterocycles. The smallest absolute Gasteiger partial charge is 0.330 e. The normalized spacial score (nSPS) is 10.4. The monoisotopic (exact) mass is 184 g/mol. The molecule has 1 heterocycles. The van der Waals surface area contributed by atoms with Gasteiger partial charge in [0.05, 0.1) is 17.7 Å². The van der Waals surface area contributed by atoms with Crippen LogP contribution in [-0.4, -0.2) is 22.2 Å². The van der Waals surface area contributed by atoms with Crippen LogP contribution in [0.4, 0.5) is 0 Å². The van der Waals surface area contributed by atoms with E-state index in [0.29, 0.717) is 6.61 Å². The van der Waals surface area contributed by atoms with Gasteiger partial charge < -0.3 is 4.74 Å². The van der Waals surface area contributed by atoms with Gasteiger partial charge in [-0.3, -0.25) is 0 Å². The van der Waals surface area contributed by atoms with Gasteiger partial charge in [0.25, 0.3) is 0 Å². The first-order chi connectivity index (χ1) is 5.83. The first-order valence-electron chi connectivity index (χ1n) is 3.45. The molecule has 0 atom stereocenters. The molecule has 5 heteroatoms. The molecule has 0 saturated carbocycles. The lowest BCUT2D eigenvalue weighted by atomic mass is 10.4. The van der Waals surface area contributed by atoms with Gasteiger partial charge in [0.2, 0.25) is 0 Å². The van der Waals surface area contributed by atoms with Crippen LogP contribution in [-0.2, 0) is 9.53 Å². The summed E-state index contributed by atoms with van der Waals surface area (Å²) in [6, 6.07) is 0. The van der Waals surface area contributed by atoms with Crippen molar-refractivity contribution in [1.29, 1.82) is 0 Å². The summed E-state index contributed by atoms with van der Waals surface area (Å²) in [4.78, 5) is 11.6. The van der Waals surface area contributed by atoms with Gasteiger partial charge in [0, 0.05) is 6.08 Å². The van der Waals surface area contributed by atoms with Crippen molar-refractivity contribution in [2.24, 2.45) is 0 Å². The Morgan fingerprint density at radius 1 is 1.83 bits per heavy atom. The Morgan fingerprint density at radius 2 is 2.67 bits per heavy atom. The minimum Gasteiger partial charge on any atom is -0.463 e. The fourth-order valence-electron chi connectivity index (χ4n) is 0.589. The van der Waals surface area contributed by atoms with E-state index < -0.39 is 0 Å². The highest BCUT2D eigenvalue weighted by Gasteiger charge is 1.94. The molecule has 0 spiro atoms. The molecule has 0 fully saturated rings. The van der Waals surface area contributed by atoms with Crippen LogP contribution < -0.4 is 0 Å². The maximum atomic E-state index is 10.8. The summed E-state index contributed by atoms with van der Waals surface area (Å²) in [5.74, 6) is -0.342. The molecule has 0 radical (unpaired) electrons. The van der Waals surface area contributed by atoms with Crippen molar-refractivity contribution in [2.45, 2.75) is 6.92 Å². The van der Waals surface area contributed by atoms with Gasteiger partial charge in [-0.2, -0.15) is 0 Å². The summed E-state index contributed by atoms with van der Waals surface area (Å²) in [5, 5.41) is 3.61. The van der Waals surface area contributed by atoms with Crippen LogP contribution in [0.1, 0.15) is 11.8 Å². The SMILES string of the molecule is CCOC(=O)/C=C/c1cnns1. The van der Waals surface area contributed by atoms with Gasteiger partial charge in [-0.25, -0.2) is 4.79 Å². The summed E-state index contributed by atoms with van der Waals surface area (Å²) >= 11 is 1.23. The first kappa shape index (κ1) is 8.86. The van der Waals surface area contributed by atoms with Crippen molar-refractivity contribution in [1.82, 2.24) is 9.59 Å². The fraction of sp³-hybridized carbons (Fsp3) is 0.286. The molecule has 0 aliphatic rings. The molecule has 0 N–H and O–H groups in total. The zero-order valence-electron chi connectivity index (χ0n) is 6.56. The minimum atomic E-state index is -0.342. The van der Waals surface area contributed by atoms with Gasteiger partial charge in [0.15, 0.2) is 0 Å². The van der Waals surface area contributed by atoms with E-state index in [9.17, 15) is 4.79 Å². The Labute approximate surface area is 74.0 Å². The van der Waals surface area contributed by atoms with Crippen LogP contribution in [0.3, 0.4) is 0 Å². The molecule has 1 aromatic heterocycles. The molecule has 0 aromatic carbocycles. The lowest BCUT2D eigenvalue weighted by Crippen LogP contribution is -1.98. The lowest BCUT2D eigenvalue weighted by Gasteiger charge is -1.92. The second-order valence-electron chi connectivity index (χ2n) is 1.91. The largest absolute Gasteiger partial charge is 0.463 e. The summed E-state index contributed by atoms with van der Waals surface area (Å²) < 4.78 is 8.31. The van der Waals surface area contributed by atoms with E-state index >= 15 is 0 Å². The van der Waals surface area contributed by atoms with Gasteiger partial charge >= 0.3 is 5.97 Å². The van der Waals surface area contributed by atoms with Crippen LogP contribution in [0.2, 0.25) is 0 Å². The van der Waals surface area contributed by atoms with Gasteiger partial charge in [-0.15, -0.1) is 5.10 Å². The highest BCUT2D eigenvalue weighted by Crippen LogP contribution is 2.03. The topological polar surface area (TPSA) is 52.1 Å². The van der Waals surface area contributed by atoms with Crippen LogP contribution in [0.5, 0.6) is 0 Å². The number of nitrogens with zero attached hydrogens (tertiary/aromatic N) is 2. The minimum absolute atomic E-state index is 0.342. The zero-order chi connectivity index (χ0) is 8.81. The standard InChI is InChI=1S/C7H8N2O2S/c1-2-11-7(10)4-3-6-5-8-9-12-6/h3-5H,2H2,1H3/b4-3+. The van der Waals surface area contributed by atoms with E-state index in [0.717, 1.165) is 4.88 Å². The number of carbonyl (C=O) groups is 1. The molecule has 0 bridgehead atoms. The van der Waals surface area contributed by atoms with Crippen molar-refractivity contribution >= 4 is 23.6 Å². The molecule has 4 nitrogen and oxygen atoms in total. The van der Waals surface area contributed by atoms with Crippen LogP contribution in [0.15, 0.2) is 12.3 Å². The molecule has 1 aromatic rings. The first-order valence-corrected chi connectivity index (χ1v) is 4.22. The molecular weight excluding hydrogens is 176 g/mol. The summed E-state index contributed by atoms with van der Waals surface area (Å²) in [7, 11) is 0. The zero-order valence-corrected chi connectivity index (χ0v) is 7.37. The molecule has 64 valence electrons. The molecule has 0 unspecified atom stereocenters. The summed E-state index contributed by atoms with van der Waals surface area (Å²) in [5.41, 5.74) is 0. The highest BCUT2D eigenvalue weighted by molar-refractivity contribution is 7.06. The maximum absolute atomic E-state index is 10.8. The quantitative estimate of drug-likeness (QED) is 0.521. The molecule has 0 aliphatic heterocycles. The predicted octanol–water partition coefficient (Wildman–Crippen LogP) is 1.11. The van der Waals surface area contributed by atoms with E-state index in [1.807, 2.05) is 0 Å². The Balaban J connectivity index is 2.45. The van der Waals surface area contributed by atoms with E-state index in [1.54, 1.807) is 19.2 Å². The average molecular weight is 184 g/mol. The Morgan fingerprint density at radius 3 is 3.25 bits per heavy atom. The molecule has 12 heavy (non-hydrogen) atoms. The van der Waals surface area contributed by atoms with Gasteiger partial charge in [-0.05, 0) is 24.5 Å². The second kappa shape index (κ2) is 4.61. The number of hydrogen-bond donors (Lipinski definition) is 0. The van der Waals surface area contributed by atoms with E-state index in [-0.39, 0.29) is 5.97 Å². The van der Waals surface area contributed by atoms with Crippen LogP contribution >= 0.6 is 11.5 Å². The maximum Gasteiger partial charge on any atom is 0.330 e. The van der Waals surface area contributed by atoms with E-state index in [2.05, 4.69) is 14.3 Å². The number of ether oxygens (including phenoxy) is 1. The molecule has 0 aliphatic carbocycles. The van der Waals surface area contributed by atoms with Crippen molar-refractivity contribution in [3.63, 3.8) is 0 Å². The van der Waals surface area contributed by atoms with Crippen molar-refractivity contribution in [3.8, 4) is 0 Å². The number of rotatable bonds is 3. The Bertz CT molecular complexity index is 269. The van der Waals surface area contributed by atoms with Crippen LogP contribution in [0, 0.1) is 0 Å². The van der Waals surface area contributed by atoms with Crippen LogP contribution in [0.25, 0.3) is 6.08 Å². The number of hydrogen-bond acceptors (Lipinski definition) is 5. The Kier molecular flexibility index (Phi) is 3.40.